The average molecular weight is 406 g/mol. The first-order valence-corrected chi connectivity index (χ1v) is 8.90. The first-order valence-electron chi connectivity index (χ1n) is 8.14. The van der Waals surface area contributed by atoms with Crippen LogP contribution in [-0.4, -0.2) is 18.3 Å². The minimum absolute atomic E-state index is 0.0329. The van der Waals surface area contributed by atoms with E-state index in [0.29, 0.717) is 45.8 Å². The van der Waals surface area contributed by atoms with Crippen LogP contribution >= 0.6 is 23.2 Å². The molecule has 3 rings (SSSR count). The number of nitriles is 1. The van der Waals surface area contributed by atoms with Crippen LogP contribution in [-0.2, 0) is 11.3 Å². The SMILES string of the molecule is COCCn1c(C)cc2c(c1=O)C(c1ccc(Cl)c(Cl)c1)C(C#N)=C(N)O2. The summed E-state index contributed by atoms with van der Waals surface area (Å²) in [6, 6.07) is 8.77. The summed E-state index contributed by atoms with van der Waals surface area (Å²) in [5.41, 5.74) is 7.52. The molecule has 1 aromatic heterocycles. The van der Waals surface area contributed by atoms with Crippen molar-refractivity contribution < 1.29 is 9.47 Å². The number of rotatable bonds is 4. The highest BCUT2D eigenvalue weighted by atomic mass is 35.5. The highest BCUT2D eigenvalue weighted by molar-refractivity contribution is 6.42. The molecule has 1 aromatic carbocycles. The zero-order valence-corrected chi connectivity index (χ0v) is 16.3. The topological polar surface area (TPSA) is 90.3 Å². The van der Waals surface area contributed by atoms with E-state index in [0.717, 1.165) is 0 Å². The molecule has 1 aliphatic heterocycles. The number of allylic oxidation sites excluding steroid dienone is 1. The van der Waals surface area contributed by atoms with Crippen molar-refractivity contribution in [2.75, 3.05) is 13.7 Å². The molecule has 8 heteroatoms. The van der Waals surface area contributed by atoms with Crippen molar-refractivity contribution in [2.24, 2.45) is 5.73 Å². The Morgan fingerprint density at radius 3 is 2.70 bits per heavy atom. The summed E-state index contributed by atoms with van der Waals surface area (Å²) in [5.74, 6) is -0.399. The maximum atomic E-state index is 13.2. The summed E-state index contributed by atoms with van der Waals surface area (Å²) in [4.78, 5) is 13.2. The molecule has 0 saturated carbocycles. The van der Waals surface area contributed by atoms with E-state index in [-0.39, 0.29) is 17.0 Å². The van der Waals surface area contributed by atoms with Gasteiger partial charge in [0.2, 0.25) is 5.88 Å². The van der Waals surface area contributed by atoms with Crippen molar-refractivity contribution >= 4 is 23.2 Å². The van der Waals surface area contributed by atoms with Crippen molar-refractivity contribution in [3.05, 3.63) is 72.9 Å². The number of benzene rings is 1. The van der Waals surface area contributed by atoms with E-state index in [4.69, 9.17) is 38.4 Å². The maximum absolute atomic E-state index is 13.2. The Kier molecular flexibility index (Phi) is 5.47. The first kappa shape index (κ1) is 19.3. The lowest BCUT2D eigenvalue weighted by atomic mass is 9.84. The number of aromatic nitrogens is 1. The second-order valence-corrected chi connectivity index (χ2v) is 6.93. The molecule has 2 N–H and O–H groups in total. The van der Waals surface area contributed by atoms with Crippen LogP contribution in [0.5, 0.6) is 5.75 Å². The number of pyridine rings is 1. The number of fused-ring (bicyclic) bond motifs is 1. The number of halogens is 2. The van der Waals surface area contributed by atoms with Crippen LogP contribution in [0, 0.1) is 18.3 Å². The van der Waals surface area contributed by atoms with Gasteiger partial charge in [0.05, 0.1) is 28.1 Å². The van der Waals surface area contributed by atoms with Crippen LogP contribution in [0.4, 0.5) is 0 Å². The van der Waals surface area contributed by atoms with E-state index >= 15 is 0 Å². The third-order valence-electron chi connectivity index (χ3n) is 4.49. The third-order valence-corrected chi connectivity index (χ3v) is 5.22. The fourth-order valence-electron chi connectivity index (χ4n) is 3.17. The number of ether oxygens (including phenoxy) is 2. The Labute approximate surface area is 166 Å². The summed E-state index contributed by atoms with van der Waals surface area (Å²) in [5, 5.41) is 10.3. The second-order valence-electron chi connectivity index (χ2n) is 6.11. The molecule has 0 radical (unpaired) electrons. The normalized spacial score (nSPS) is 15.9. The summed E-state index contributed by atoms with van der Waals surface area (Å²) in [7, 11) is 1.57. The van der Waals surface area contributed by atoms with E-state index in [2.05, 4.69) is 6.07 Å². The molecule has 140 valence electrons. The van der Waals surface area contributed by atoms with E-state index in [1.807, 2.05) is 0 Å². The lowest BCUT2D eigenvalue weighted by Crippen LogP contribution is -2.33. The van der Waals surface area contributed by atoms with Crippen LogP contribution in [0.1, 0.15) is 22.7 Å². The lowest BCUT2D eigenvalue weighted by Gasteiger charge is -2.27. The average Bonchev–Trinajstić information content (AvgIpc) is 2.63. The van der Waals surface area contributed by atoms with Gasteiger partial charge in [-0.25, -0.2) is 0 Å². The van der Waals surface area contributed by atoms with Gasteiger partial charge < -0.3 is 19.8 Å². The summed E-state index contributed by atoms with van der Waals surface area (Å²) in [6.45, 7) is 2.55. The smallest absolute Gasteiger partial charge is 0.258 e. The molecule has 0 fully saturated rings. The number of methoxy groups -OCH3 is 1. The van der Waals surface area contributed by atoms with Gasteiger partial charge in [0, 0.05) is 25.4 Å². The van der Waals surface area contributed by atoms with Gasteiger partial charge in [-0.3, -0.25) is 4.79 Å². The van der Waals surface area contributed by atoms with Crippen LogP contribution in [0.3, 0.4) is 0 Å². The molecule has 27 heavy (non-hydrogen) atoms. The third kappa shape index (κ3) is 3.42. The number of aryl methyl sites for hydroxylation is 1. The number of hydrogen-bond donors (Lipinski definition) is 1. The minimum Gasteiger partial charge on any atom is -0.440 e. The molecule has 0 saturated heterocycles. The molecule has 2 aromatic rings. The molecule has 0 amide bonds. The van der Waals surface area contributed by atoms with E-state index < -0.39 is 5.92 Å². The highest BCUT2D eigenvalue weighted by Gasteiger charge is 2.34. The zero-order valence-electron chi connectivity index (χ0n) is 14.8. The summed E-state index contributed by atoms with van der Waals surface area (Å²) < 4.78 is 12.3. The highest BCUT2D eigenvalue weighted by Crippen LogP contribution is 2.41. The Hall–Kier alpha value is -2.46. The number of hydrogen-bond acceptors (Lipinski definition) is 5. The largest absolute Gasteiger partial charge is 0.440 e. The van der Waals surface area contributed by atoms with Gasteiger partial charge in [-0.1, -0.05) is 29.3 Å². The monoisotopic (exact) mass is 405 g/mol. The molecule has 1 unspecified atom stereocenters. The van der Waals surface area contributed by atoms with Gasteiger partial charge in [0.1, 0.15) is 17.4 Å². The van der Waals surface area contributed by atoms with Crippen molar-refractivity contribution in [1.82, 2.24) is 4.57 Å². The van der Waals surface area contributed by atoms with Crippen LogP contribution < -0.4 is 16.0 Å². The molecular formula is C19H17Cl2N3O3. The number of nitrogens with zero attached hydrogens (tertiary/aromatic N) is 2. The van der Waals surface area contributed by atoms with Gasteiger partial charge in [-0.15, -0.1) is 0 Å². The molecule has 2 heterocycles. The predicted octanol–water partition coefficient (Wildman–Crippen LogP) is 3.33. The van der Waals surface area contributed by atoms with Crippen molar-refractivity contribution in [3.8, 4) is 11.8 Å². The Morgan fingerprint density at radius 2 is 2.07 bits per heavy atom. The molecule has 0 aliphatic carbocycles. The predicted molar refractivity (Wildman–Crippen MR) is 103 cm³/mol. The molecule has 1 atom stereocenters. The van der Waals surface area contributed by atoms with E-state index in [1.165, 1.54) is 0 Å². The quantitative estimate of drug-likeness (QED) is 0.841. The molecule has 0 spiro atoms. The fourth-order valence-corrected chi connectivity index (χ4v) is 3.48. The van der Waals surface area contributed by atoms with Crippen molar-refractivity contribution in [2.45, 2.75) is 19.4 Å². The van der Waals surface area contributed by atoms with Crippen molar-refractivity contribution in [3.63, 3.8) is 0 Å². The minimum atomic E-state index is -0.699. The molecular weight excluding hydrogens is 389 g/mol. The van der Waals surface area contributed by atoms with Crippen molar-refractivity contribution in [1.29, 1.82) is 5.26 Å². The van der Waals surface area contributed by atoms with E-state index in [1.54, 1.807) is 42.9 Å². The van der Waals surface area contributed by atoms with Gasteiger partial charge >= 0.3 is 0 Å². The molecule has 0 bridgehead atoms. The first-order chi connectivity index (χ1) is 12.9. The summed E-state index contributed by atoms with van der Waals surface area (Å²) >= 11 is 12.2. The van der Waals surface area contributed by atoms with E-state index in [9.17, 15) is 10.1 Å². The van der Waals surface area contributed by atoms with Crippen LogP contribution in [0.25, 0.3) is 0 Å². The lowest BCUT2D eigenvalue weighted by molar-refractivity contribution is 0.185. The van der Waals surface area contributed by atoms with Crippen LogP contribution in [0.15, 0.2) is 40.5 Å². The Bertz CT molecular complexity index is 1040. The fraction of sp³-hybridized carbons (Fsp3) is 0.263. The molecule has 6 nitrogen and oxygen atoms in total. The zero-order chi connectivity index (χ0) is 19.7. The summed E-state index contributed by atoms with van der Waals surface area (Å²) in [6.07, 6.45) is 0. The Balaban J connectivity index is 2.28. The molecule has 1 aliphatic rings. The number of nitrogens with two attached hydrogens (primary N) is 1. The maximum Gasteiger partial charge on any atom is 0.258 e. The van der Waals surface area contributed by atoms with Gasteiger partial charge in [0.15, 0.2) is 0 Å². The standard InChI is InChI=1S/C19H17Cl2N3O3/c1-10-7-15-17(19(25)24(10)5-6-26-2)16(12(9-22)18(23)27-15)11-3-4-13(20)14(21)8-11/h3-4,7-8,16H,5-6,23H2,1-2H3. The van der Waals surface area contributed by atoms with Gasteiger partial charge in [-0.05, 0) is 24.6 Å². The van der Waals surface area contributed by atoms with Gasteiger partial charge in [-0.2, -0.15) is 5.26 Å². The van der Waals surface area contributed by atoms with Gasteiger partial charge in [0.25, 0.3) is 5.56 Å². The Morgan fingerprint density at radius 1 is 1.33 bits per heavy atom. The second kappa shape index (κ2) is 7.65. The van der Waals surface area contributed by atoms with Crippen LogP contribution in [0.2, 0.25) is 10.0 Å².